The van der Waals surface area contributed by atoms with Crippen LogP contribution >= 0.6 is 0 Å². The molecule has 1 aromatic rings. The second kappa shape index (κ2) is 4.31. The largest absolute Gasteiger partial charge is 0.478 e. The average Bonchev–Trinajstić information content (AvgIpc) is 2.12. The number of hydrogen-bond acceptors (Lipinski definition) is 5. The Kier molecular flexibility index (Phi) is 3.49. The molecule has 0 aliphatic heterocycles. The molecule has 0 unspecified atom stereocenters. The molecule has 18 heavy (non-hydrogen) atoms. The molecule has 100 valence electrons. The molecule has 0 bridgehead atoms. The highest BCUT2D eigenvalue weighted by Crippen LogP contribution is 2.27. The van der Waals surface area contributed by atoms with Gasteiger partial charge in [-0.05, 0) is 18.6 Å². The lowest BCUT2D eigenvalue weighted by Crippen LogP contribution is -2.15. The maximum atomic E-state index is 11.1. The number of carboxylic acids is 1. The van der Waals surface area contributed by atoms with E-state index in [9.17, 15) is 21.6 Å². The van der Waals surface area contributed by atoms with Gasteiger partial charge < -0.3 is 5.11 Å². The van der Waals surface area contributed by atoms with E-state index in [0.29, 0.717) is 6.07 Å². The molecule has 0 saturated heterocycles. The lowest BCUT2D eigenvalue weighted by molar-refractivity contribution is 0.0691. The van der Waals surface area contributed by atoms with E-state index in [-0.39, 0.29) is 5.56 Å². The molecule has 3 N–H and O–H groups in total. The molecule has 0 heterocycles. The summed E-state index contributed by atoms with van der Waals surface area (Å²) in [6.07, 6.45) is 0. The van der Waals surface area contributed by atoms with Crippen molar-refractivity contribution in [2.24, 2.45) is 0 Å². The SMILES string of the molecule is Cc1ccc(S(=O)(=O)O)c(S(=O)(=O)O)c1C(=O)O. The molecule has 0 spiro atoms. The Bertz CT molecular complexity index is 714. The van der Waals surface area contributed by atoms with Crippen LogP contribution < -0.4 is 0 Å². The van der Waals surface area contributed by atoms with Gasteiger partial charge >= 0.3 is 5.97 Å². The van der Waals surface area contributed by atoms with E-state index in [2.05, 4.69) is 0 Å². The van der Waals surface area contributed by atoms with Gasteiger partial charge in [-0.15, -0.1) is 0 Å². The summed E-state index contributed by atoms with van der Waals surface area (Å²) in [5, 5.41) is 8.85. The summed E-state index contributed by atoms with van der Waals surface area (Å²) < 4.78 is 61.9. The topological polar surface area (TPSA) is 146 Å². The van der Waals surface area contributed by atoms with Crippen LogP contribution in [0.5, 0.6) is 0 Å². The van der Waals surface area contributed by atoms with Crippen LogP contribution in [0.15, 0.2) is 21.9 Å². The Hall–Kier alpha value is -1.49. The van der Waals surface area contributed by atoms with Crippen molar-refractivity contribution in [3.63, 3.8) is 0 Å². The Morgan fingerprint density at radius 1 is 1.06 bits per heavy atom. The molecule has 0 aromatic heterocycles. The Labute approximate surface area is 102 Å². The number of carboxylic acid groups (broad SMARTS) is 1. The molecule has 1 aromatic carbocycles. The molecule has 10 heteroatoms. The van der Waals surface area contributed by atoms with Crippen molar-refractivity contribution in [2.75, 3.05) is 0 Å². The smallest absolute Gasteiger partial charge is 0.337 e. The molecule has 0 radical (unpaired) electrons. The van der Waals surface area contributed by atoms with Crippen molar-refractivity contribution in [2.45, 2.75) is 16.7 Å². The zero-order valence-electron chi connectivity index (χ0n) is 8.85. The normalized spacial score (nSPS) is 12.4. The summed E-state index contributed by atoms with van der Waals surface area (Å²) in [5.74, 6) is -1.74. The highest BCUT2D eigenvalue weighted by molar-refractivity contribution is 7.89. The van der Waals surface area contributed by atoms with E-state index in [1.54, 1.807) is 0 Å². The molecule has 0 saturated carbocycles. The van der Waals surface area contributed by atoms with Crippen molar-refractivity contribution in [3.05, 3.63) is 23.3 Å². The van der Waals surface area contributed by atoms with Crippen LogP contribution in [0, 0.1) is 6.92 Å². The third-order valence-corrected chi connectivity index (χ3v) is 4.04. The van der Waals surface area contributed by atoms with E-state index in [1.165, 1.54) is 6.92 Å². The van der Waals surface area contributed by atoms with Gasteiger partial charge in [0.1, 0.15) is 9.79 Å². The predicted octanol–water partition coefficient (Wildman–Crippen LogP) is 0.187. The van der Waals surface area contributed by atoms with E-state index >= 15 is 0 Å². The summed E-state index contributed by atoms with van der Waals surface area (Å²) >= 11 is 0. The minimum absolute atomic E-state index is 0.0810. The summed E-state index contributed by atoms with van der Waals surface area (Å²) in [5.41, 5.74) is -0.991. The summed E-state index contributed by atoms with van der Waals surface area (Å²) in [6, 6.07) is 1.70. The first-order valence-corrected chi connectivity index (χ1v) is 7.16. The van der Waals surface area contributed by atoms with Crippen LogP contribution in [0.3, 0.4) is 0 Å². The third kappa shape index (κ3) is 2.67. The van der Waals surface area contributed by atoms with Gasteiger partial charge in [0, 0.05) is 0 Å². The quantitative estimate of drug-likeness (QED) is 0.670. The molecule has 0 atom stereocenters. The van der Waals surface area contributed by atoms with Gasteiger partial charge in [-0.25, -0.2) is 4.79 Å². The van der Waals surface area contributed by atoms with Crippen LogP contribution in [-0.4, -0.2) is 37.0 Å². The first-order chi connectivity index (χ1) is 7.96. The minimum Gasteiger partial charge on any atom is -0.478 e. The fraction of sp³-hybridized carbons (Fsp3) is 0.125. The zero-order valence-corrected chi connectivity index (χ0v) is 10.5. The lowest BCUT2D eigenvalue weighted by atomic mass is 10.1. The zero-order chi connectivity index (χ0) is 14.3. The van der Waals surface area contributed by atoms with E-state index in [1.807, 2.05) is 0 Å². The van der Waals surface area contributed by atoms with Gasteiger partial charge in [-0.1, -0.05) is 6.07 Å². The van der Waals surface area contributed by atoms with Gasteiger partial charge in [0.2, 0.25) is 0 Å². The predicted molar refractivity (Wildman–Crippen MR) is 57.8 cm³/mol. The highest BCUT2D eigenvalue weighted by atomic mass is 32.2. The Balaban J connectivity index is 4.03. The third-order valence-electron chi connectivity index (χ3n) is 2.08. The fourth-order valence-corrected chi connectivity index (χ4v) is 3.42. The van der Waals surface area contributed by atoms with E-state index < -0.39 is 41.6 Å². The Morgan fingerprint density at radius 2 is 1.56 bits per heavy atom. The molecule has 0 aliphatic rings. The molecule has 8 nitrogen and oxygen atoms in total. The number of hydrogen-bond donors (Lipinski definition) is 3. The summed E-state index contributed by atoms with van der Waals surface area (Å²) in [6.45, 7) is 1.21. The standard InChI is InChI=1S/C8H8O8S2/c1-4-2-3-5(17(11,12)13)7(18(14,15)16)6(4)8(9)10/h2-3H,1H3,(H,9,10)(H,11,12,13)(H,14,15,16). The Morgan fingerprint density at radius 3 is 1.89 bits per heavy atom. The van der Waals surface area contributed by atoms with E-state index in [4.69, 9.17) is 14.2 Å². The fourth-order valence-electron chi connectivity index (χ4n) is 1.39. The minimum atomic E-state index is -5.13. The first-order valence-electron chi connectivity index (χ1n) is 4.28. The van der Waals surface area contributed by atoms with Crippen molar-refractivity contribution in [1.29, 1.82) is 0 Å². The second-order valence-corrected chi connectivity index (χ2v) is 6.09. The molecule has 0 amide bonds. The first kappa shape index (κ1) is 14.6. The monoisotopic (exact) mass is 296 g/mol. The van der Waals surface area contributed by atoms with Crippen LogP contribution in [-0.2, 0) is 20.2 Å². The molecule has 0 aliphatic carbocycles. The summed E-state index contributed by atoms with van der Waals surface area (Å²) in [7, 11) is -10.1. The van der Waals surface area contributed by atoms with Crippen LogP contribution in [0.25, 0.3) is 0 Å². The number of rotatable bonds is 3. The van der Waals surface area contributed by atoms with Crippen LogP contribution in [0.4, 0.5) is 0 Å². The maximum absolute atomic E-state index is 11.1. The highest BCUT2D eigenvalue weighted by Gasteiger charge is 2.31. The molecule has 1 rings (SSSR count). The number of aromatic carboxylic acids is 1. The molecular formula is C8H8O8S2. The number of carbonyl (C=O) groups is 1. The van der Waals surface area contributed by atoms with Crippen molar-refractivity contribution in [3.8, 4) is 0 Å². The van der Waals surface area contributed by atoms with Gasteiger partial charge in [0.05, 0.1) is 5.56 Å². The van der Waals surface area contributed by atoms with Crippen molar-refractivity contribution >= 4 is 26.2 Å². The average molecular weight is 296 g/mol. The van der Waals surface area contributed by atoms with Gasteiger partial charge in [-0.3, -0.25) is 9.11 Å². The lowest BCUT2D eigenvalue weighted by Gasteiger charge is -2.10. The molecule has 0 fully saturated rings. The van der Waals surface area contributed by atoms with Crippen LogP contribution in [0.2, 0.25) is 0 Å². The van der Waals surface area contributed by atoms with E-state index in [0.717, 1.165) is 6.07 Å². The van der Waals surface area contributed by atoms with Gasteiger partial charge in [0.25, 0.3) is 20.2 Å². The molecular weight excluding hydrogens is 288 g/mol. The van der Waals surface area contributed by atoms with Gasteiger partial charge in [0.15, 0.2) is 0 Å². The van der Waals surface area contributed by atoms with Crippen LogP contribution in [0.1, 0.15) is 15.9 Å². The maximum Gasteiger partial charge on any atom is 0.337 e. The van der Waals surface area contributed by atoms with Crippen molar-refractivity contribution < 1.29 is 35.8 Å². The van der Waals surface area contributed by atoms with Gasteiger partial charge in [-0.2, -0.15) is 16.8 Å². The number of aryl methyl sites for hydroxylation is 1. The second-order valence-electron chi connectivity index (χ2n) is 3.34. The summed E-state index contributed by atoms with van der Waals surface area (Å²) in [4.78, 5) is 8.38. The van der Waals surface area contributed by atoms with Crippen molar-refractivity contribution in [1.82, 2.24) is 0 Å². The number of benzene rings is 1.